The quantitative estimate of drug-likeness (QED) is 0.273. The molecule has 2 aliphatic heterocycles. The number of likely N-dealkylation sites (tertiary alicyclic amines) is 1. The number of piperidine rings is 1. The molecule has 1 N–H and O–H groups in total. The van der Waals surface area contributed by atoms with Crippen LogP contribution in [0.25, 0.3) is 0 Å². The van der Waals surface area contributed by atoms with Crippen molar-refractivity contribution in [2.45, 2.75) is 56.6 Å². The van der Waals surface area contributed by atoms with E-state index in [1.807, 2.05) is 42.5 Å². The van der Waals surface area contributed by atoms with Gasteiger partial charge in [0.1, 0.15) is 17.7 Å². The molecule has 2 aliphatic rings. The average molecular weight is 553 g/mol. The lowest BCUT2D eigenvalue weighted by atomic mass is 9.72. The molecule has 0 aliphatic carbocycles. The zero-order valence-corrected chi connectivity index (χ0v) is 23.3. The number of nitrogens with one attached hydrogen (secondary N) is 1. The summed E-state index contributed by atoms with van der Waals surface area (Å²) in [4.78, 5) is 2.53. The molecule has 0 aromatic heterocycles. The van der Waals surface area contributed by atoms with Crippen LogP contribution in [0.5, 0.6) is 5.75 Å². The SMILES string of the molecule is CCCC1(C2(c3ccc(F)cc3)OCCO2)CC(Oc2cccc(Cl)c2)CCN1CCNCc1ccccc1. The van der Waals surface area contributed by atoms with Gasteiger partial charge in [0.25, 0.3) is 0 Å². The highest BCUT2D eigenvalue weighted by Gasteiger charge is 2.61. The maximum atomic E-state index is 14.0. The number of nitrogens with zero attached hydrogens (tertiary/aromatic N) is 1. The van der Waals surface area contributed by atoms with Crippen molar-refractivity contribution in [3.63, 3.8) is 0 Å². The van der Waals surface area contributed by atoms with Crippen LogP contribution < -0.4 is 10.1 Å². The lowest BCUT2D eigenvalue weighted by Crippen LogP contribution is -2.68. The van der Waals surface area contributed by atoms with Crippen LogP contribution in [0, 0.1) is 5.82 Å². The molecular weight excluding hydrogens is 515 g/mol. The summed E-state index contributed by atoms with van der Waals surface area (Å²) in [6.45, 7) is 6.46. The van der Waals surface area contributed by atoms with Gasteiger partial charge in [-0.3, -0.25) is 4.90 Å². The van der Waals surface area contributed by atoms with E-state index in [0.717, 1.165) is 56.8 Å². The zero-order valence-electron chi connectivity index (χ0n) is 22.6. The molecule has 7 heteroatoms. The number of rotatable bonds is 11. The highest BCUT2D eigenvalue weighted by Crippen LogP contribution is 2.51. The van der Waals surface area contributed by atoms with Crippen molar-refractivity contribution >= 4 is 11.6 Å². The normalized spacial score (nSPS) is 23.1. The Hall–Kier alpha value is -2.48. The molecule has 3 aromatic carbocycles. The van der Waals surface area contributed by atoms with Crippen molar-refractivity contribution in [2.75, 3.05) is 32.8 Å². The maximum absolute atomic E-state index is 14.0. The van der Waals surface area contributed by atoms with Crippen LogP contribution in [-0.4, -0.2) is 49.4 Å². The van der Waals surface area contributed by atoms with E-state index in [1.54, 1.807) is 0 Å². The Kier molecular flexibility index (Phi) is 9.21. The summed E-state index contributed by atoms with van der Waals surface area (Å²) < 4.78 is 33.7. The zero-order chi connectivity index (χ0) is 27.1. The molecule has 0 radical (unpaired) electrons. The van der Waals surface area contributed by atoms with Gasteiger partial charge in [0.2, 0.25) is 5.79 Å². The van der Waals surface area contributed by atoms with Crippen LogP contribution in [0.15, 0.2) is 78.9 Å². The topological polar surface area (TPSA) is 43.0 Å². The van der Waals surface area contributed by atoms with E-state index in [9.17, 15) is 4.39 Å². The molecule has 0 spiro atoms. The minimum Gasteiger partial charge on any atom is -0.490 e. The summed E-state index contributed by atoms with van der Waals surface area (Å²) in [5.41, 5.74) is 1.60. The number of ether oxygens (including phenoxy) is 3. The van der Waals surface area contributed by atoms with Crippen molar-refractivity contribution in [2.24, 2.45) is 0 Å². The summed E-state index contributed by atoms with van der Waals surface area (Å²) in [6, 6.07) is 24.6. The van der Waals surface area contributed by atoms with Gasteiger partial charge in [-0.05, 0) is 48.7 Å². The Morgan fingerprint density at radius 2 is 1.79 bits per heavy atom. The molecule has 2 atom stereocenters. The largest absolute Gasteiger partial charge is 0.490 e. The summed E-state index contributed by atoms with van der Waals surface area (Å²) in [7, 11) is 0. The molecule has 0 saturated carbocycles. The lowest BCUT2D eigenvalue weighted by molar-refractivity contribution is -0.272. The average Bonchev–Trinajstić information content (AvgIpc) is 3.45. The Balaban J connectivity index is 1.45. The molecular formula is C32H38ClFN2O3. The molecule has 0 amide bonds. The van der Waals surface area contributed by atoms with Crippen molar-refractivity contribution in [3.05, 3.63) is 101 Å². The van der Waals surface area contributed by atoms with E-state index in [2.05, 4.69) is 41.4 Å². The van der Waals surface area contributed by atoms with Crippen molar-refractivity contribution in [3.8, 4) is 5.75 Å². The van der Waals surface area contributed by atoms with Crippen LogP contribution >= 0.6 is 11.6 Å². The van der Waals surface area contributed by atoms with Crippen LogP contribution in [0.1, 0.15) is 43.7 Å². The van der Waals surface area contributed by atoms with Crippen LogP contribution in [-0.2, 0) is 21.8 Å². The Labute approximate surface area is 236 Å². The first kappa shape index (κ1) is 28.1. The van der Waals surface area contributed by atoms with Gasteiger partial charge in [-0.15, -0.1) is 0 Å². The second-order valence-electron chi connectivity index (χ2n) is 10.4. The van der Waals surface area contributed by atoms with E-state index in [4.69, 9.17) is 25.8 Å². The number of hydrogen-bond acceptors (Lipinski definition) is 5. The molecule has 2 fully saturated rings. The van der Waals surface area contributed by atoms with E-state index in [1.165, 1.54) is 17.7 Å². The van der Waals surface area contributed by atoms with Gasteiger partial charge in [-0.2, -0.15) is 0 Å². The highest BCUT2D eigenvalue weighted by molar-refractivity contribution is 6.30. The molecule has 2 unspecified atom stereocenters. The van der Waals surface area contributed by atoms with Crippen molar-refractivity contribution < 1.29 is 18.6 Å². The second kappa shape index (κ2) is 12.8. The minimum atomic E-state index is -1.02. The number of benzene rings is 3. The van der Waals surface area contributed by atoms with Gasteiger partial charge in [0.05, 0.1) is 18.8 Å². The van der Waals surface area contributed by atoms with Crippen LogP contribution in [0.3, 0.4) is 0 Å². The summed E-state index contributed by atoms with van der Waals surface area (Å²) >= 11 is 6.26. The first-order chi connectivity index (χ1) is 19.0. The Bertz CT molecular complexity index is 1190. The van der Waals surface area contributed by atoms with E-state index in [0.29, 0.717) is 24.7 Å². The predicted molar refractivity (Wildman–Crippen MR) is 152 cm³/mol. The fourth-order valence-corrected chi connectivity index (χ4v) is 6.47. The maximum Gasteiger partial charge on any atom is 0.214 e. The van der Waals surface area contributed by atoms with E-state index >= 15 is 0 Å². The third kappa shape index (κ3) is 6.16. The van der Waals surface area contributed by atoms with Crippen LogP contribution in [0.2, 0.25) is 5.02 Å². The highest BCUT2D eigenvalue weighted by atomic mass is 35.5. The fourth-order valence-electron chi connectivity index (χ4n) is 6.29. The molecule has 5 nitrogen and oxygen atoms in total. The molecule has 208 valence electrons. The molecule has 2 heterocycles. The minimum absolute atomic E-state index is 0.0475. The first-order valence-corrected chi connectivity index (χ1v) is 14.4. The standard InChI is InChI=1S/C32H38ClFN2O3/c1-2-16-31(32(37-20-21-38-32)26-11-13-28(34)14-12-26)23-30(39-29-10-6-9-27(33)22-29)15-18-36(31)19-17-35-24-25-7-4-3-5-8-25/h3-14,22,30,35H,2,15-21,23-24H2,1H3. The molecule has 2 saturated heterocycles. The smallest absolute Gasteiger partial charge is 0.214 e. The third-order valence-corrected chi connectivity index (χ3v) is 8.15. The number of hydrogen-bond donors (Lipinski definition) is 1. The fraction of sp³-hybridized carbons (Fsp3) is 0.438. The summed E-state index contributed by atoms with van der Waals surface area (Å²) in [5, 5.41) is 4.27. The molecule has 3 aromatic rings. The third-order valence-electron chi connectivity index (χ3n) is 7.92. The van der Waals surface area contributed by atoms with Gasteiger partial charge in [-0.25, -0.2) is 4.39 Å². The monoisotopic (exact) mass is 552 g/mol. The van der Waals surface area contributed by atoms with Gasteiger partial charge in [0.15, 0.2) is 0 Å². The van der Waals surface area contributed by atoms with Crippen molar-refractivity contribution in [1.82, 2.24) is 10.2 Å². The predicted octanol–water partition coefficient (Wildman–Crippen LogP) is 6.55. The molecule has 0 bridgehead atoms. The summed E-state index contributed by atoms with van der Waals surface area (Å²) in [6.07, 6.45) is 3.32. The van der Waals surface area contributed by atoms with Crippen LogP contribution in [0.4, 0.5) is 4.39 Å². The number of halogens is 2. The molecule has 5 rings (SSSR count). The molecule has 39 heavy (non-hydrogen) atoms. The van der Waals surface area contributed by atoms with Crippen molar-refractivity contribution in [1.29, 1.82) is 0 Å². The van der Waals surface area contributed by atoms with Gasteiger partial charge in [-0.1, -0.05) is 73.5 Å². The van der Waals surface area contributed by atoms with Gasteiger partial charge >= 0.3 is 0 Å². The van der Waals surface area contributed by atoms with Gasteiger partial charge < -0.3 is 19.5 Å². The van der Waals surface area contributed by atoms with E-state index < -0.39 is 11.3 Å². The Morgan fingerprint density at radius 3 is 2.51 bits per heavy atom. The van der Waals surface area contributed by atoms with Gasteiger partial charge in [0, 0.05) is 43.2 Å². The summed E-state index contributed by atoms with van der Waals surface area (Å²) in [5.74, 6) is -0.531. The second-order valence-corrected chi connectivity index (χ2v) is 10.9. The first-order valence-electron chi connectivity index (χ1n) is 14.0. The van der Waals surface area contributed by atoms with E-state index in [-0.39, 0.29) is 11.9 Å². The Morgan fingerprint density at radius 1 is 1.03 bits per heavy atom. The lowest BCUT2D eigenvalue weighted by Gasteiger charge is -2.57.